The molecule has 0 saturated carbocycles. The summed E-state index contributed by atoms with van der Waals surface area (Å²) in [4.78, 5) is 8.90. The van der Waals surface area contributed by atoms with Crippen LogP contribution in [0.25, 0.3) is 11.3 Å². The lowest BCUT2D eigenvalue weighted by atomic mass is 10.0. The highest BCUT2D eigenvalue weighted by molar-refractivity contribution is 7.92. The second-order valence-corrected chi connectivity index (χ2v) is 11.6. The normalized spacial score (nSPS) is 11.4. The van der Waals surface area contributed by atoms with Crippen LogP contribution in [-0.2, 0) is 28.0 Å². The molecule has 9 nitrogen and oxygen atoms in total. The van der Waals surface area contributed by atoms with Crippen LogP contribution in [0.5, 0.6) is 0 Å². The molecule has 210 valence electrons. The maximum absolute atomic E-state index is 12.8. The fourth-order valence-corrected chi connectivity index (χ4v) is 5.25. The third-order valence-corrected chi connectivity index (χ3v) is 7.93. The van der Waals surface area contributed by atoms with Gasteiger partial charge in [-0.2, -0.15) is 0 Å². The molecule has 2 aromatic heterocycles. The van der Waals surface area contributed by atoms with Crippen LogP contribution < -0.4 is 10.0 Å². The molecule has 3 aromatic carbocycles. The lowest BCUT2D eigenvalue weighted by Gasteiger charge is -2.11. The van der Waals surface area contributed by atoms with Gasteiger partial charge in [0.2, 0.25) is 5.88 Å². The first-order valence-electron chi connectivity index (χ1n) is 13.1. The molecule has 2 heterocycles. The minimum atomic E-state index is -3.83. The Bertz CT molecular complexity index is 1770. The highest BCUT2D eigenvalue weighted by Crippen LogP contribution is 2.26. The van der Waals surface area contributed by atoms with Crippen molar-refractivity contribution in [2.45, 2.75) is 45.8 Å². The van der Waals surface area contributed by atoms with Crippen molar-refractivity contribution in [3.05, 3.63) is 113 Å². The van der Waals surface area contributed by atoms with E-state index in [1.807, 2.05) is 13.0 Å². The lowest BCUT2D eigenvalue weighted by molar-refractivity contribution is 0.107. The Morgan fingerprint density at radius 2 is 1.54 bits per heavy atom. The molecule has 2 N–H and O–H groups in total. The van der Waals surface area contributed by atoms with E-state index >= 15 is 0 Å². The van der Waals surface area contributed by atoms with Crippen LogP contribution in [0.3, 0.4) is 0 Å². The number of aromatic nitrogens is 3. The maximum Gasteiger partial charge on any atom is 0.264 e. The summed E-state index contributed by atoms with van der Waals surface area (Å²) in [6, 6.07) is 22.8. The summed E-state index contributed by atoms with van der Waals surface area (Å²) in [6.45, 7) is 8.63. The van der Waals surface area contributed by atoms with Crippen molar-refractivity contribution >= 4 is 27.4 Å². The largest absolute Gasteiger partial charge is 0.372 e. The van der Waals surface area contributed by atoms with E-state index in [-0.39, 0.29) is 10.8 Å². The summed E-state index contributed by atoms with van der Waals surface area (Å²) >= 11 is 0. The minimum Gasteiger partial charge on any atom is -0.372 e. The standard InChI is InChI=1S/C31H31N5O4S/c1-20-5-7-24(8-6-20)17-39-18-25-13-21(2)14-26(15-25)29-16-30(33-19-32-29)34-27-9-11-28(12-10-27)41(37,38)36-31-22(3)23(4)35-40-31/h5-16,19,36H,17-18H2,1-4H3,(H,32,33,34). The number of hydrogen-bond donors (Lipinski definition) is 2. The van der Waals surface area contributed by atoms with E-state index in [2.05, 4.69) is 74.6 Å². The van der Waals surface area contributed by atoms with Gasteiger partial charge in [-0.3, -0.25) is 0 Å². The molecule has 0 atom stereocenters. The van der Waals surface area contributed by atoms with E-state index in [1.54, 1.807) is 26.0 Å². The molecule has 5 aromatic rings. The van der Waals surface area contributed by atoms with Crippen LogP contribution in [0.4, 0.5) is 17.4 Å². The molecular formula is C31H31N5O4S. The zero-order valence-electron chi connectivity index (χ0n) is 23.3. The van der Waals surface area contributed by atoms with E-state index in [0.717, 1.165) is 27.9 Å². The molecular weight excluding hydrogens is 538 g/mol. The molecule has 0 fully saturated rings. The zero-order valence-corrected chi connectivity index (χ0v) is 24.1. The summed E-state index contributed by atoms with van der Waals surface area (Å²) < 4.78 is 39.1. The predicted molar refractivity (Wildman–Crippen MR) is 158 cm³/mol. The molecule has 0 aliphatic carbocycles. The molecule has 41 heavy (non-hydrogen) atoms. The second-order valence-electron chi connectivity index (χ2n) is 9.95. The SMILES string of the molecule is Cc1ccc(COCc2cc(C)cc(-c3cc(Nc4ccc(S(=O)(=O)Nc5onc(C)c5C)cc4)ncn3)c2)cc1. The van der Waals surface area contributed by atoms with Crippen LogP contribution in [0.2, 0.25) is 0 Å². The Morgan fingerprint density at radius 3 is 2.24 bits per heavy atom. The summed E-state index contributed by atoms with van der Waals surface area (Å²) in [5, 5.41) is 7.01. The van der Waals surface area contributed by atoms with Crippen LogP contribution >= 0.6 is 0 Å². The monoisotopic (exact) mass is 569 g/mol. The van der Waals surface area contributed by atoms with Gasteiger partial charge in [-0.05, 0) is 75.2 Å². The Balaban J connectivity index is 1.26. The summed E-state index contributed by atoms with van der Waals surface area (Å²) in [6.07, 6.45) is 1.50. The third kappa shape index (κ3) is 6.97. The van der Waals surface area contributed by atoms with Gasteiger partial charge < -0.3 is 14.6 Å². The number of hydrogen-bond acceptors (Lipinski definition) is 8. The number of nitrogens with one attached hydrogen (secondary N) is 2. The molecule has 0 aliphatic rings. The van der Waals surface area contributed by atoms with Crippen LogP contribution in [0, 0.1) is 27.7 Å². The molecule has 0 amide bonds. The maximum atomic E-state index is 12.8. The number of sulfonamides is 1. The summed E-state index contributed by atoms with van der Waals surface area (Å²) in [7, 11) is -3.83. The topological polar surface area (TPSA) is 119 Å². The lowest BCUT2D eigenvalue weighted by Crippen LogP contribution is -2.13. The number of benzene rings is 3. The fraction of sp³-hybridized carbons (Fsp3) is 0.194. The van der Waals surface area contributed by atoms with Crippen molar-refractivity contribution in [1.82, 2.24) is 15.1 Å². The third-order valence-electron chi connectivity index (χ3n) is 6.58. The summed E-state index contributed by atoms with van der Waals surface area (Å²) in [5.41, 5.74) is 8.17. The molecule has 0 radical (unpaired) electrons. The minimum absolute atomic E-state index is 0.0942. The Hall–Kier alpha value is -4.54. The van der Waals surface area contributed by atoms with Crippen molar-refractivity contribution in [2.24, 2.45) is 0 Å². The molecule has 10 heteroatoms. The van der Waals surface area contributed by atoms with E-state index in [0.29, 0.717) is 36.0 Å². The quantitative estimate of drug-likeness (QED) is 0.192. The Morgan fingerprint density at radius 1 is 0.805 bits per heavy atom. The van der Waals surface area contributed by atoms with Gasteiger partial charge in [0.1, 0.15) is 12.1 Å². The van der Waals surface area contributed by atoms with E-state index in [4.69, 9.17) is 9.26 Å². The van der Waals surface area contributed by atoms with Gasteiger partial charge in [-0.25, -0.2) is 23.1 Å². The van der Waals surface area contributed by atoms with Crippen LogP contribution in [-0.4, -0.2) is 23.5 Å². The molecule has 5 rings (SSSR count). The van der Waals surface area contributed by atoms with E-state index < -0.39 is 10.0 Å². The molecule has 0 bridgehead atoms. The van der Waals surface area contributed by atoms with Crippen molar-refractivity contribution in [3.63, 3.8) is 0 Å². The predicted octanol–water partition coefficient (Wildman–Crippen LogP) is 6.63. The highest BCUT2D eigenvalue weighted by atomic mass is 32.2. The van der Waals surface area contributed by atoms with Crippen molar-refractivity contribution < 1.29 is 17.7 Å². The number of ether oxygens (including phenoxy) is 1. The smallest absolute Gasteiger partial charge is 0.264 e. The Labute approximate surface area is 239 Å². The molecule has 0 saturated heterocycles. The molecule has 0 spiro atoms. The van der Waals surface area contributed by atoms with Crippen LogP contribution in [0.15, 0.2) is 88.5 Å². The van der Waals surface area contributed by atoms with Crippen molar-refractivity contribution in [3.8, 4) is 11.3 Å². The van der Waals surface area contributed by atoms with Gasteiger partial charge in [-0.15, -0.1) is 0 Å². The van der Waals surface area contributed by atoms with E-state index in [9.17, 15) is 8.42 Å². The van der Waals surface area contributed by atoms with Gasteiger partial charge in [0.15, 0.2) is 0 Å². The van der Waals surface area contributed by atoms with Crippen molar-refractivity contribution in [1.29, 1.82) is 0 Å². The average molecular weight is 570 g/mol. The van der Waals surface area contributed by atoms with Gasteiger partial charge in [0.25, 0.3) is 10.0 Å². The van der Waals surface area contributed by atoms with Crippen LogP contribution in [0.1, 0.15) is 33.5 Å². The number of aryl methyl sites for hydroxylation is 3. The number of rotatable bonds is 10. The molecule has 0 aliphatic heterocycles. The first kappa shape index (κ1) is 28.0. The number of nitrogens with zero attached hydrogens (tertiary/aromatic N) is 3. The first-order valence-corrected chi connectivity index (χ1v) is 14.5. The second kappa shape index (κ2) is 11.9. The number of anilines is 3. The summed E-state index contributed by atoms with van der Waals surface area (Å²) in [5.74, 6) is 0.686. The molecule has 0 unspecified atom stereocenters. The van der Waals surface area contributed by atoms with E-state index in [1.165, 1.54) is 24.0 Å². The van der Waals surface area contributed by atoms with Gasteiger partial charge in [0.05, 0.1) is 29.5 Å². The zero-order chi connectivity index (χ0) is 29.0. The highest BCUT2D eigenvalue weighted by Gasteiger charge is 2.19. The van der Waals surface area contributed by atoms with Gasteiger partial charge in [0, 0.05) is 22.9 Å². The Kier molecular flexibility index (Phi) is 8.14. The average Bonchev–Trinajstić information content (AvgIpc) is 3.26. The first-order chi connectivity index (χ1) is 19.7. The van der Waals surface area contributed by atoms with Gasteiger partial charge in [-0.1, -0.05) is 46.6 Å². The fourth-order valence-electron chi connectivity index (χ4n) is 4.21. The van der Waals surface area contributed by atoms with Crippen molar-refractivity contribution in [2.75, 3.05) is 10.0 Å². The van der Waals surface area contributed by atoms with Gasteiger partial charge >= 0.3 is 0 Å².